The van der Waals surface area contributed by atoms with Gasteiger partial charge in [0.25, 0.3) is 0 Å². The fourth-order valence-electron chi connectivity index (χ4n) is 0.779. The van der Waals surface area contributed by atoms with Crippen LogP contribution in [-0.2, 0) is 0 Å². The number of nitrogen functional groups attached to an aromatic ring is 1. The lowest BCUT2D eigenvalue weighted by Gasteiger charge is -2.04. The van der Waals surface area contributed by atoms with Gasteiger partial charge in [0.05, 0.1) is 17.5 Å². The van der Waals surface area contributed by atoms with Gasteiger partial charge in [-0.15, -0.1) is 0 Å². The minimum absolute atomic E-state index is 0.539. The average molecular weight is 138 g/mol. The Morgan fingerprint density at radius 2 is 2.40 bits per heavy atom. The van der Waals surface area contributed by atoms with Crippen LogP contribution in [0.15, 0.2) is 18.3 Å². The van der Waals surface area contributed by atoms with Crippen molar-refractivity contribution in [3.8, 4) is 0 Å². The fourth-order valence-corrected chi connectivity index (χ4v) is 0.779. The highest BCUT2D eigenvalue weighted by Crippen LogP contribution is 2.14. The minimum Gasteiger partial charge on any atom is -0.397 e. The van der Waals surface area contributed by atoms with Gasteiger partial charge in [0.15, 0.2) is 0 Å². The number of aliphatic hydroxyl groups excluding tert-OH is 1. The zero-order valence-corrected chi connectivity index (χ0v) is 5.78. The molecular formula is C7H10N2O. The third-order valence-corrected chi connectivity index (χ3v) is 1.27. The topological polar surface area (TPSA) is 59.1 Å². The van der Waals surface area contributed by atoms with Gasteiger partial charge in [0.1, 0.15) is 0 Å². The molecule has 54 valence electrons. The summed E-state index contributed by atoms with van der Waals surface area (Å²) in [4.78, 5) is 3.90. The quantitative estimate of drug-likeness (QED) is 0.601. The lowest BCUT2D eigenvalue weighted by atomic mass is 10.2. The summed E-state index contributed by atoms with van der Waals surface area (Å²) in [5.41, 5.74) is 6.58. The largest absolute Gasteiger partial charge is 0.397 e. The lowest BCUT2D eigenvalue weighted by Crippen LogP contribution is -2.00. The van der Waals surface area contributed by atoms with E-state index in [1.54, 1.807) is 25.3 Å². The lowest BCUT2D eigenvalue weighted by molar-refractivity contribution is 0.195. The molecule has 0 aliphatic carbocycles. The Morgan fingerprint density at radius 3 is 2.80 bits per heavy atom. The number of nitrogens with two attached hydrogens (primary N) is 1. The smallest absolute Gasteiger partial charge is 0.0952 e. The van der Waals surface area contributed by atoms with E-state index in [1.165, 1.54) is 0 Å². The monoisotopic (exact) mass is 138 g/mol. The number of aromatic nitrogens is 1. The number of rotatable bonds is 1. The van der Waals surface area contributed by atoms with Gasteiger partial charge in [-0.1, -0.05) is 0 Å². The van der Waals surface area contributed by atoms with Crippen LogP contribution >= 0.6 is 0 Å². The Kier molecular flexibility index (Phi) is 1.87. The molecule has 0 unspecified atom stereocenters. The molecule has 1 heterocycles. The first-order valence-corrected chi connectivity index (χ1v) is 3.10. The van der Waals surface area contributed by atoms with E-state index in [9.17, 15) is 0 Å². The summed E-state index contributed by atoms with van der Waals surface area (Å²) < 4.78 is 0. The molecule has 1 atom stereocenters. The molecule has 3 N–H and O–H groups in total. The Bertz CT molecular complexity index is 223. The van der Waals surface area contributed by atoms with E-state index in [2.05, 4.69) is 4.98 Å². The van der Waals surface area contributed by atoms with E-state index in [0.29, 0.717) is 11.4 Å². The molecule has 0 saturated heterocycles. The van der Waals surface area contributed by atoms with Crippen molar-refractivity contribution in [2.75, 3.05) is 5.73 Å². The summed E-state index contributed by atoms with van der Waals surface area (Å²) in [7, 11) is 0. The maximum atomic E-state index is 9.06. The SMILES string of the molecule is C[C@H](O)c1ncccc1N. The summed E-state index contributed by atoms with van der Waals surface area (Å²) in [6, 6.07) is 3.45. The molecule has 1 rings (SSSR count). The first-order valence-electron chi connectivity index (χ1n) is 3.10. The van der Waals surface area contributed by atoms with Gasteiger partial charge in [-0.2, -0.15) is 0 Å². The van der Waals surface area contributed by atoms with Crippen LogP contribution < -0.4 is 5.73 Å². The highest BCUT2D eigenvalue weighted by atomic mass is 16.3. The number of aliphatic hydroxyl groups is 1. The van der Waals surface area contributed by atoms with Crippen molar-refractivity contribution in [2.45, 2.75) is 13.0 Å². The van der Waals surface area contributed by atoms with Crippen molar-refractivity contribution in [3.63, 3.8) is 0 Å². The second-order valence-corrected chi connectivity index (χ2v) is 2.15. The van der Waals surface area contributed by atoms with Crippen LogP contribution in [0.1, 0.15) is 18.7 Å². The second kappa shape index (κ2) is 2.66. The van der Waals surface area contributed by atoms with E-state index in [-0.39, 0.29) is 0 Å². The van der Waals surface area contributed by atoms with Gasteiger partial charge in [-0.05, 0) is 19.1 Å². The Morgan fingerprint density at radius 1 is 1.70 bits per heavy atom. The Labute approximate surface area is 59.5 Å². The molecule has 3 heteroatoms. The minimum atomic E-state index is -0.582. The first kappa shape index (κ1) is 7.02. The third-order valence-electron chi connectivity index (χ3n) is 1.27. The standard InChI is InChI=1S/C7H10N2O/c1-5(10)7-6(8)3-2-4-9-7/h2-5,10H,8H2,1H3/t5-/m0/s1. The summed E-state index contributed by atoms with van der Waals surface area (Å²) in [5.74, 6) is 0. The van der Waals surface area contributed by atoms with E-state index < -0.39 is 6.10 Å². The molecule has 0 bridgehead atoms. The van der Waals surface area contributed by atoms with Crippen LogP contribution in [0.25, 0.3) is 0 Å². The predicted molar refractivity (Wildman–Crippen MR) is 39.3 cm³/mol. The van der Waals surface area contributed by atoms with Crippen molar-refractivity contribution in [3.05, 3.63) is 24.0 Å². The molecule has 0 aliphatic heterocycles. The van der Waals surface area contributed by atoms with Gasteiger partial charge in [0, 0.05) is 6.20 Å². The summed E-state index contributed by atoms with van der Waals surface area (Å²) in [5, 5.41) is 9.06. The highest BCUT2D eigenvalue weighted by molar-refractivity contribution is 5.42. The number of pyridine rings is 1. The van der Waals surface area contributed by atoms with E-state index in [0.717, 1.165) is 0 Å². The first-order chi connectivity index (χ1) is 4.72. The molecule has 0 fully saturated rings. The summed E-state index contributed by atoms with van der Waals surface area (Å²) in [6.07, 6.45) is 1.03. The molecular weight excluding hydrogens is 128 g/mol. The predicted octanol–water partition coefficient (Wildman–Crippen LogP) is 0.717. The highest BCUT2D eigenvalue weighted by Gasteiger charge is 2.04. The molecule has 10 heavy (non-hydrogen) atoms. The molecule has 3 nitrogen and oxygen atoms in total. The summed E-state index contributed by atoms with van der Waals surface area (Å²) >= 11 is 0. The number of anilines is 1. The van der Waals surface area contributed by atoms with Gasteiger partial charge in [-0.25, -0.2) is 0 Å². The second-order valence-electron chi connectivity index (χ2n) is 2.15. The van der Waals surface area contributed by atoms with Crippen LogP contribution in [0.5, 0.6) is 0 Å². The van der Waals surface area contributed by atoms with Crippen molar-refractivity contribution in [1.82, 2.24) is 4.98 Å². The van der Waals surface area contributed by atoms with Gasteiger partial charge in [0.2, 0.25) is 0 Å². The molecule has 0 aliphatic rings. The zero-order valence-electron chi connectivity index (χ0n) is 5.78. The van der Waals surface area contributed by atoms with Crippen LogP contribution in [0.4, 0.5) is 5.69 Å². The number of hydrogen-bond donors (Lipinski definition) is 2. The number of nitrogens with zero attached hydrogens (tertiary/aromatic N) is 1. The number of hydrogen-bond acceptors (Lipinski definition) is 3. The normalized spacial score (nSPS) is 13.0. The van der Waals surface area contributed by atoms with Gasteiger partial charge in [-0.3, -0.25) is 4.98 Å². The van der Waals surface area contributed by atoms with Crippen molar-refractivity contribution < 1.29 is 5.11 Å². The molecule has 0 amide bonds. The molecule has 1 aromatic heterocycles. The molecule has 0 aromatic carbocycles. The maximum absolute atomic E-state index is 9.06. The average Bonchev–Trinajstić information content (AvgIpc) is 1.88. The van der Waals surface area contributed by atoms with Crippen LogP contribution in [0.3, 0.4) is 0 Å². The van der Waals surface area contributed by atoms with Crippen LogP contribution in [-0.4, -0.2) is 10.1 Å². The van der Waals surface area contributed by atoms with E-state index in [1.807, 2.05) is 0 Å². The summed E-state index contributed by atoms with van der Waals surface area (Å²) in [6.45, 7) is 1.64. The van der Waals surface area contributed by atoms with Crippen molar-refractivity contribution in [2.24, 2.45) is 0 Å². The molecule has 0 radical (unpaired) electrons. The third kappa shape index (κ3) is 1.25. The zero-order chi connectivity index (χ0) is 7.56. The molecule has 0 spiro atoms. The molecule has 1 aromatic rings. The van der Waals surface area contributed by atoms with Crippen LogP contribution in [0.2, 0.25) is 0 Å². The Hall–Kier alpha value is -1.09. The van der Waals surface area contributed by atoms with Crippen LogP contribution in [0, 0.1) is 0 Å². The van der Waals surface area contributed by atoms with E-state index >= 15 is 0 Å². The molecule has 0 saturated carbocycles. The Balaban J connectivity index is 3.03. The van der Waals surface area contributed by atoms with Gasteiger partial charge >= 0.3 is 0 Å². The van der Waals surface area contributed by atoms with Crippen molar-refractivity contribution in [1.29, 1.82) is 0 Å². The fraction of sp³-hybridized carbons (Fsp3) is 0.286. The maximum Gasteiger partial charge on any atom is 0.0952 e. The van der Waals surface area contributed by atoms with Gasteiger partial charge < -0.3 is 10.8 Å². The van der Waals surface area contributed by atoms with Crippen molar-refractivity contribution >= 4 is 5.69 Å². The van der Waals surface area contributed by atoms with E-state index in [4.69, 9.17) is 10.8 Å².